The van der Waals surface area contributed by atoms with Gasteiger partial charge >= 0.3 is 0 Å². The first kappa shape index (κ1) is 13.7. The van der Waals surface area contributed by atoms with Crippen molar-refractivity contribution in [3.8, 4) is 6.07 Å². The van der Waals surface area contributed by atoms with Crippen LogP contribution in [0.2, 0.25) is 0 Å². The van der Waals surface area contributed by atoms with E-state index in [1.807, 2.05) is 6.07 Å². The van der Waals surface area contributed by atoms with Crippen molar-refractivity contribution in [2.24, 2.45) is 0 Å². The maximum atomic E-state index is 11.0. The van der Waals surface area contributed by atoms with Gasteiger partial charge in [-0.1, -0.05) is 17.8 Å². The average Bonchev–Trinajstić information content (AvgIpc) is 2.94. The highest BCUT2D eigenvalue weighted by atomic mass is 32.2. The van der Waals surface area contributed by atoms with Crippen LogP contribution in [0.3, 0.4) is 0 Å². The Morgan fingerprint density at radius 2 is 1.81 bits per heavy atom. The SMILES string of the molecule is N#Cc1ccc(Sc2ccc3c(c2)CCC3)cc1[N+](=O)[O-]. The molecule has 2 aromatic carbocycles. The van der Waals surface area contributed by atoms with E-state index in [2.05, 4.69) is 18.2 Å². The predicted octanol–water partition coefficient (Wildman–Crippen LogP) is 4.11. The number of hydrogen-bond donors (Lipinski definition) is 0. The van der Waals surface area contributed by atoms with Gasteiger partial charge in [-0.2, -0.15) is 5.26 Å². The lowest BCUT2D eigenvalue weighted by molar-refractivity contribution is -0.385. The van der Waals surface area contributed by atoms with E-state index >= 15 is 0 Å². The van der Waals surface area contributed by atoms with Gasteiger partial charge in [0.05, 0.1) is 4.92 Å². The number of fused-ring (bicyclic) bond motifs is 1. The molecule has 0 bridgehead atoms. The smallest absolute Gasteiger partial charge is 0.258 e. The number of aryl methyl sites for hydroxylation is 2. The van der Waals surface area contributed by atoms with Crippen LogP contribution in [0.5, 0.6) is 0 Å². The molecule has 0 radical (unpaired) electrons. The lowest BCUT2D eigenvalue weighted by Gasteiger charge is -2.05. The fourth-order valence-electron chi connectivity index (χ4n) is 2.57. The lowest BCUT2D eigenvalue weighted by Crippen LogP contribution is -1.92. The van der Waals surface area contributed by atoms with E-state index in [1.54, 1.807) is 6.07 Å². The molecule has 0 atom stereocenters. The molecule has 21 heavy (non-hydrogen) atoms. The average molecular weight is 296 g/mol. The van der Waals surface area contributed by atoms with Crippen LogP contribution in [-0.2, 0) is 12.8 Å². The van der Waals surface area contributed by atoms with Gasteiger partial charge in [-0.15, -0.1) is 0 Å². The summed E-state index contributed by atoms with van der Waals surface area (Å²) >= 11 is 1.49. The van der Waals surface area contributed by atoms with Crippen molar-refractivity contribution in [2.45, 2.75) is 29.1 Å². The van der Waals surface area contributed by atoms with Crippen molar-refractivity contribution >= 4 is 17.4 Å². The van der Waals surface area contributed by atoms with Crippen LogP contribution < -0.4 is 0 Å². The van der Waals surface area contributed by atoms with Gasteiger partial charge in [0.25, 0.3) is 5.69 Å². The second-order valence-corrected chi connectivity index (χ2v) is 6.08. The van der Waals surface area contributed by atoms with Gasteiger partial charge in [-0.3, -0.25) is 10.1 Å². The van der Waals surface area contributed by atoms with Crippen LogP contribution in [0, 0.1) is 21.4 Å². The fraction of sp³-hybridized carbons (Fsp3) is 0.188. The molecule has 4 nitrogen and oxygen atoms in total. The van der Waals surface area contributed by atoms with E-state index in [-0.39, 0.29) is 11.3 Å². The van der Waals surface area contributed by atoms with Gasteiger partial charge in [0, 0.05) is 15.9 Å². The largest absolute Gasteiger partial charge is 0.288 e. The molecule has 0 saturated heterocycles. The van der Waals surface area contributed by atoms with Crippen molar-refractivity contribution in [2.75, 3.05) is 0 Å². The Balaban J connectivity index is 1.90. The second kappa shape index (κ2) is 5.58. The van der Waals surface area contributed by atoms with Gasteiger partial charge in [-0.05, 0) is 54.7 Å². The Labute approximate surface area is 126 Å². The Hall–Kier alpha value is -2.32. The summed E-state index contributed by atoms with van der Waals surface area (Å²) in [6.45, 7) is 0. The van der Waals surface area contributed by atoms with Crippen LogP contribution in [0.4, 0.5) is 5.69 Å². The standard InChI is InChI=1S/C16H12N2O2S/c17-10-13-5-7-15(9-16(13)18(19)20)21-14-6-4-11-2-1-3-12(11)8-14/h4-9H,1-3H2. The first-order valence-corrected chi connectivity index (χ1v) is 7.47. The Kier molecular flexibility index (Phi) is 3.63. The van der Waals surface area contributed by atoms with E-state index in [0.29, 0.717) is 0 Å². The molecule has 0 fully saturated rings. The molecule has 2 aromatic rings. The van der Waals surface area contributed by atoms with Crippen molar-refractivity contribution in [1.29, 1.82) is 5.26 Å². The predicted molar refractivity (Wildman–Crippen MR) is 80.4 cm³/mol. The van der Waals surface area contributed by atoms with Crippen molar-refractivity contribution in [3.05, 3.63) is 63.2 Å². The van der Waals surface area contributed by atoms with Crippen LogP contribution in [0.25, 0.3) is 0 Å². The highest BCUT2D eigenvalue weighted by Gasteiger charge is 2.15. The summed E-state index contributed by atoms with van der Waals surface area (Å²) in [5, 5.41) is 19.9. The number of rotatable bonds is 3. The molecule has 0 unspecified atom stereocenters. The first-order chi connectivity index (χ1) is 10.2. The van der Waals surface area contributed by atoms with Crippen molar-refractivity contribution in [3.63, 3.8) is 0 Å². The molecule has 3 rings (SSSR count). The monoisotopic (exact) mass is 296 g/mol. The molecule has 0 spiro atoms. The minimum Gasteiger partial charge on any atom is -0.258 e. The molecule has 0 aromatic heterocycles. The number of benzene rings is 2. The molecular formula is C16H12N2O2S. The summed E-state index contributed by atoms with van der Waals surface area (Å²) in [5.74, 6) is 0. The highest BCUT2D eigenvalue weighted by Crippen LogP contribution is 2.34. The third-order valence-corrected chi connectivity index (χ3v) is 4.57. The van der Waals surface area contributed by atoms with Crippen molar-refractivity contribution in [1.82, 2.24) is 0 Å². The minimum atomic E-state index is -0.509. The minimum absolute atomic E-state index is 0.0957. The normalized spacial score (nSPS) is 12.7. The molecule has 0 saturated carbocycles. The highest BCUT2D eigenvalue weighted by molar-refractivity contribution is 7.99. The second-order valence-electron chi connectivity index (χ2n) is 4.93. The Bertz CT molecular complexity index is 765. The Morgan fingerprint density at radius 3 is 2.57 bits per heavy atom. The maximum absolute atomic E-state index is 11.0. The maximum Gasteiger partial charge on any atom is 0.288 e. The van der Waals surface area contributed by atoms with Gasteiger partial charge < -0.3 is 0 Å². The molecule has 104 valence electrons. The van der Waals surface area contributed by atoms with E-state index < -0.39 is 4.92 Å². The number of nitro benzene ring substituents is 1. The summed E-state index contributed by atoms with van der Waals surface area (Å²) in [6, 6.07) is 12.9. The number of nitriles is 1. The van der Waals surface area contributed by atoms with Crippen molar-refractivity contribution < 1.29 is 4.92 Å². The van der Waals surface area contributed by atoms with Gasteiger partial charge in [0.1, 0.15) is 11.6 Å². The summed E-state index contributed by atoms with van der Waals surface area (Å²) in [7, 11) is 0. The van der Waals surface area contributed by atoms with Gasteiger partial charge in [0.15, 0.2) is 0 Å². The molecule has 0 amide bonds. The zero-order chi connectivity index (χ0) is 14.8. The topological polar surface area (TPSA) is 66.9 Å². The van der Waals surface area contributed by atoms with E-state index in [0.717, 1.165) is 22.6 Å². The van der Waals surface area contributed by atoms with E-state index in [1.165, 1.54) is 41.4 Å². The zero-order valence-electron chi connectivity index (χ0n) is 11.2. The summed E-state index contributed by atoms with van der Waals surface area (Å²) in [4.78, 5) is 12.3. The molecule has 0 aliphatic heterocycles. The fourth-order valence-corrected chi connectivity index (χ4v) is 3.48. The summed E-state index contributed by atoms with van der Waals surface area (Å²) < 4.78 is 0. The molecule has 1 aliphatic carbocycles. The zero-order valence-corrected chi connectivity index (χ0v) is 12.0. The number of nitrogens with zero attached hydrogens (tertiary/aromatic N) is 2. The number of nitro groups is 1. The third-order valence-electron chi connectivity index (χ3n) is 3.59. The Morgan fingerprint density at radius 1 is 1.10 bits per heavy atom. The number of hydrogen-bond acceptors (Lipinski definition) is 4. The third kappa shape index (κ3) is 2.76. The van der Waals surface area contributed by atoms with Crippen LogP contribution >= 0.6 is 11.8 Å². The van der Waals surface area contributed by atoms with Crippen LogP contribution in [0.1, 0.15) is 23.1 Å². The van der Waals surface area contributed by atoms with E-state index in [9.17, 15) is 10.1 Å². The first-order valence-electron chi connectivity index (χ1n) is 6.65. The molecule has 0 N–H and O–H groups in total. The quantitative estimate of drug-likeness (QED) is 0.631. The molecule has 5 heteroatoms. The summed E-state index contributed by atoms with van der Waals surface area (Å²) in [6.07, 6.45) is 3.45. The molecule has 1 aliphatic rings. The molecular weight excluding hydrogens is 284 g/mol. The van der Waals surface area contributed by atoms with E-state index in [4.69, 9.17) is 5.26 Å². The van der Waals surface area contributed by atoms with Crippen LogP contribution in [0.15, 0.2) is 46.2 Å². The van der Waals surface area contributed by atoms with Gasteiger partial charge in [-0.25, -0.2) is 0 Å². The van der Waals surface area contributed by atoms with Gasteiger partial charge in [0.2, 0.25) is 0 Å². The summed E-state index contributed by atoms with van der Waals surface area (Å²) in [5.41, 5.74) is 2.75. The lowest BCUT2D eigenvalue weighted by atomic mass is 10.1. The molecule has 0 heterocycles. The van der Waals surface area contributed by atoms with Crippen LogP contribution in [-0.4, -0.2) is 4.92 Å².